The Morgan fingerprint density at radius 1 is 1.29 bits per heavy atom. The summed E-state index contributed by atoms with van der Waals surface area (Å²) in [5.41, 5.74) is 0.509. The van der Waals surface area contributed by atoms with Crippen molar-refractivity contribution >= 4 is 17.7 Å². The van der Waals surface area contributed by atoms with Crippen LogP contribution >= 0.6 is 11.8 Å². The summed E-state index contributed by atoms with van der Waals surface area (Å²) < 4.78 is 4.85. The standard InChI is InChI=1S/C13H25NO2S/c1-4-16-13(15)12(2)11-14-9-7-5-6-8-10-17-3/h14H,2,4-11H2,1,3H3. The first-order chi connectivity index (χ1) is 8.22. The van der Waals surface area contributed by atoms with Crippen LogP contribution in [0.15, 0.2) is 12.2 Å². The normalized spacial score (nSPS) is 10.2. The first kappa shape index (κ1) is 16.5. The van der Waals surface area contributed by atoms with E-state index in [2.05, 4.69) is 18.2 Å². The summed E-state index contributed by atoms with van der Waals surface area (Å²) >= 11 is 1.90. The van der Waals surface area contributed by atoms with Crippen LogP contribution < -0.4 is 5.32 Å². The molecule has 0 radical (unpaired) electrons. The SMILES string of the molecule is C=C(CNCCCCCCSC)C(=O)OCC. The lowest BCUT2D eigenvalue weighted by atomic mass is 10.2. The second-order valence-electron chi connectivity index (χ2n) is 3.91. The zero-order chi connectivity index (χ0) is 12.9. The molecule has 0 aromatic heterocycles. The molecular formula is C13H25NO2S. The maximum atomic E-state index is 11.2. The summed E-state index contributed by atoms with van der Waals surface area (Å²) in [6.45, 7) is 7.37. The monoisotopic (exact) mass is 259 g/mol. The molecule has 3 nitrogen and oxygen atoms in total. The minimum Gasteiger partial charge on any atom is -0.463 e. The molecule has 0 rings (SSSR count). The summed E-state index contributed by atoms with van der Waals surface area (Å²) in [7, 11) is 0. The van der Waals surface area contributed by atoms with Gasteiger partial charge in [-0.1, -0.05) is 19.4 Å². The number of rotatable bonds is 11. The Morgan fingerprint density at radius 2 is 2.00 bits per heavy atom. The van der Waals surface area contributed by atoms with Crippen LogP contribution in [-0.4, -0.2) is 37.7 Å². The van der Waals surface area contributed by atoms with E-state index in [-0.39, 0.29) is 5.97 Å². The van der Waals surface area contributed by atoms with Gasteiger partial charge < -0.3 is 10.1 Å². The molecule has 1 N–H and O–H groups in total. The van der Waals surface area contributed by atoms with E-state index in [0.717, 1.165) is 13.0 Å². The number of hydrogen-bond donors (Lipinski definition) is 1. The molecule has 0 spiro atoms. The van der Waals surface area contributed by atoms with E-state index >= 15 is 0 Å². The quantitative estimate of drug-likeness (QED) is 0.352. The highest BCUT2D eigenvalue weighted by Crippen LogP contribution is 2.03. The summed E-state index contributed by atoms with van der Waals surface area (Å²) in [6, 6.07) is 0. The molecule has 0 saturated carbocycles. The van der Waals surface area contributed by atoms with E-state index in [1.54, 1.807) is 6.92 Å². The van der Waals surface area contributed by atoms with Crippen LogP contribution in [0.4, 0.5) is 0 Å². The van der Waals surface area contributed by atoms with Gasteiger partial charge >= 0.3 is 5.97 Å². The number of carbonyl (C=O) groups is 1. The highest BCUT2D eigenvalue weighted by atomic mass is 32.2. The average Bonchev–Trinajstić information content (AvgIpc) is 2.32. The highest BCUT2D eigenvalue weighted by molar-refractivity contribution is 7.98. The minimum atomic E-state index is -0.292. The zero-order valence-corrected chi connectivity index (χ0v) is 11.9. The van der Waals surface area contributed by atoms with Crippen molar-refractivity contribution in [1.29, 1.82) is 0 Å². The first-order valence-electron chi connectivity index (χ1n) is 6.27. The Bertz CT molecular complexity index is 219. The molecule has 0 atom stereocenters. The number of ether oxygens (including phenoxy) is 1. The molecule has 0 aliphatic carbocycles. The molecule has 0 aromatic rings. The van der Waals surface area contributed by atoms with Crippen molar-refractivity contribution in [2.45, 2.75) is 32.6 Å². The molecule has 100 valence electrons. The fourth-order valence-corrected chi connectivity index (χ4v) is 1.89. The molecular weight excluding hydrogens is 234 g/mol. The van der Waals surface area contributed by atoms with Gasteiger partial charge in [0.2, 0.25) is 0 Å². The predicted octanol–water partition coefficient (Wildman–Crippen LogP) is 2.62. The number of hydrogen-bond acceptors (Lipinski definition) is 4. The maximum Gasteiger partial charge on any atom is 0.334 e. The van der Waals surface area contributed by atoms with Gasteiger partial charge in [0, 0.05) is 12.1 Å². The van der Waals surface area contributed by atoms with Gasteiger partial charge in [0.25, 0.3) is 0 Å². The zero-order valence-electron chi connectivity index (χ0n) is 11.1. The smallest absolute Gasteiger partial charge is 0.334 e. The topological polar surface area (TPSA) is 38.3 Å². The summed E-state index contributed by atoms with van der Waals surface area (Å²) in [6.07, 6.45) is 7.14. The fraction of sp³-hybridized carbons (Fsp3) is 0.769. The summed E-state index contributed by atoms with van der Waals surface area (Å²) in [4.78, 5) is 11.2. The number of carbonyl (C=O) groups excluding carboxylic acids is 1. The van der Waals surface area contributed by atoms with Crippen LogP contribution in [0.2, 0.25) is 0 Å². The number of esters is 1. The van der Waals surface area contributed by atoms with E-state index < -0.39 is 0 Å². The second kappa shape index (κ2) is 12.0. The van der Waals surface area contributed by atoms with Gasteiger partial charge in [-0.2, -0.15) is 11.8 Å². The summed E-state index contributed by atoms with van der Waals surface area (Å²) in [5.74, 6) is 0.965. The lowest BCUT2D eigenvalue weighted by Gasteiger charge is -2.07. The fourth-order valence-electron chi connectivity index (χ4n) is 1.39. The van der Waals surface area contributed by atoms with Crippen LogP contribution in [-0.2, 0) is 9.53 Å². The molecule has 0 fully saturated rings. The molecule has 17 heavy (non-hydrogen) atoms. The highest BCUT2D eigenvalue weighted by Gasteiger charge is 2.05. The largest absolute Gasteiger partial charge is 0.463 e. The van der Waals surface area contributed by atoms with E-state index in [1.807, 2.05) is 11.8 Å². The molecule has 4 heteroatoms. The summed E-state index contributed by atoms with van der Waals surface area (Å²) in [5, 5.41) is 3.21. The van der Waals surface area contributed by atoms with E-state index in [0.29, 0.717) is 18.7 Å². The van der Waals surface area contributed by atoms with Gasteiger partial charge in [0.15, 0.2) is 0 Å². The average molecular weight is 259 g/mol. The van der Waals surface area contributed by atoms with Gasteiger partial charge in [-0.05, 0) is 38.3 Å². The van der Waals surface area contributed by atoms with Gasteiger partial charge in [0.05, 0.1) is 6.61 Å². The predicted molar refractivity (Wildman–Crippen MR) is 75.5 cm³/mol. The molecule has 0 saturated heterocycles. The Labute approximate surface area is 109 Å². The van der Waals surface area contributed by atoms with E-state index in [9.17, 15) is 4.79 Å². The van der Waals surface area contributed by atoms with Crippen LogP contribution in [0.25, 0.3) is 0 Å². The Balaban J connectivity index is 3.27. The van der Waals surface area contributed by atoms with Crippen molar-refractivity contribution < 1.29 is 9.53 Å². The Kier molecular flexibility index (Phi) is 11.7. The van der Waals surface area contributed by atoms with Gasteiger partial charge in [-0.25, -0.2) is 4.79 Å². The molecule has 0 bridgehead atoms. The van der Waals surface area contributed by atoms with Crippen molar-refractivity contribution in [3.8, 4) is 0 Å². The van der Waals surface area contributed by atoms with E-state index in [4.69, 9.17) is 4.74 Å². The van der Waals surface area contributed by atoms with Crippen molar-refractivity contribution in [1.82, 2.24) is 5.32 Å². The van der Waals surface area contributed by atoms with Crippen molar-refractivity contribution in [2.75, 3.05) is 31.7 Å². The van der Waals surface area contributed by atoms with Gasteiger partial charge in [-0.15, -0.1) is 0 Å². The third-order valence-electron chi connectivity index (χ3n) is 2.35. The number of unbranched alkanes of at least 4 members (excludes halogenated alkanes) is 3. The lowest BCUT2D eigenvalue weighted by Crippen LogP contribution is -2.22. The molecule has 0 aliphatic rings. The van der Waals surface area contributed by atoms with Crippen LogP contribution in [0.5, 0.6) is 0 Å². The third kappa shape index (κ3) is 10.4. The van der Waals surface area contributed by atoms with Crippen molar-refractivity contribution in [3.63, 3.8) is 0 Å². The molecule has 0 unspecified atom stereocenters. The minimum absolute atomic E-state index is 0.292. The molecule has 0 aromatic carbocycles. The van der Waals surface area contributed by atoms with Crippen molar-refractivity contribution in [3.05, 3.63) is 12.2 Å². The molecule has 0 amide bonds. The van der Waals surface area contributed by atoms with Crippen LogP contribution in [0.1, 0.15) is 32.6 Å². The molecule has 0 aliphatic heterocycles. The number of nitrogens with one attached hydrogen (secondary N) is 1. The Hall–Kier alpha value is -0.480. The lowest BCUT2D eigenvalue weighted by molar-refractivity contribution is -0.138. The Morgan fingerprint density at radius 3 is 2.65 bits per heavy atom. The van der Waals surface area contributed by atoms with Gasteiger partial charge in [-0.3, -0.25) is 0 Å². The maximum absolute atomic E-state index is 11.2. The van der Waals surface area contributed by atoms with Crippen LogP contribution in [0, 0.1) is 0 Å². The van der Waals surface area contributed by atoms with E-state index in [1.165, 1.54) is 25.0 Å². The van der Waals surface area contributed by atoms with Crippen molar-refractivity contribution in [2.24, 2.45) is 0 Å². The third-order valence-corrected chi connectivity index (χ3v) is 3.05. The second-order valence-corrected chi connectivity index (χ2v) is 4.89. The first-order valence-corrected chi connectivity index (χ1v) is 7.66. The van der Waals surface area contributed by atoms with Crippen LogP contribution in [0.3, 0.4) is 0 Å². The molecule has 0 heterocycles. The van der Waals surface area contributed by atoms with Gasteiger partial charge in [0.1, 0.15) is 0 Å². The number of thioether (sulfide) groups is 1.